The lowest BCUT2D eigenvalue weighted by Gasteiger charge is -2.03. The lowest BCUT2D eigenvalue weighted by Crippen LogP contribution is -2.11. The van der Waals surface area contributed by atoms with Crippen molar-refractivity contribution >= 4 is 11.7 Å². The summed E-state index contributed by atoms with van der Waals surface area (Å²) in [6, 6.07) is 1.84. The molecule has 1 heterocycles. The lowest BCUT2D eigenvalue weighted by molar-refractivity contribution is -0.116. The molecule has 4 heteroatoms. The number of carbonyl (C=O) groups is 1. The van der Waals surface area contributed by atoms with Gasteiger partial charge in [0.2, 0.25) is 5.91 Å². The van der Waals surface area contributed by atoms with Gasteiger partial charge in [0.05, 0.1) is 0 Å². The number of aromatic amines is 1. The number of nitrogens with one attached hydrogen (secondary N) is 2. The Bertz CT molecular complexity index is 374. The smallest absolute Gasteiger partial charge is 0.225 e. The number of hydrogen-bond donors (Lipinski definition) is 2. The summed E-state index contributed by atoms with van der Waals surface area (Å²) in [4.78, 5) is 11.7. The van der Waals surface area contributed by atoms with Crippen LogP contribution in [0.5, 0.6) is 0 Å². The van der Waals surface area contributed by atoms with E-state index in [0.29, 0.717) is 12.2 Å². The number of amides is 1. The van der Waals surface area contributed by atoms with E-state index in [0.717, 1.165) is 18.5 Å². The van der Waals surface area contributed by atoms with Gasteiger partial charge in [-0.05, 0) is 13.3 Å². The summed E-state index contributed by atoms with van der Waals surface area (Å²) < 4.78 is 0. The molecule has 0 unspecified atom stereocenters. The molecule has 0 aliphatic carbocycles. The largest absolute Gasteiger partial charge is 0.309 e. The second-order valence-electron chi connectivity index (χ2n) is 5.56. The molecule has 0 atom stereocenters. The maximum absolute atomic E-state index is 11.7. The van der Waals surface area contributed by atoms with Crippen molar-refractivity contribution in [3.8, 4) is 0 Å². The molecular formula is C16H29N3O. The van der Waals surface area contributed by atoms with Crippen molar-refractivity contribution in [1.29, 1.82) is 0 Å². The standard InChI is InChI=1S/C16H29N3O/c1-3-4-5-6-7-8-9-10-11-12-16(20)17-15-13-14(2)18-19-15/h13H,3-12H2,1-2H3,(H2,17,18,19,20). The van der Waals surface area contributed by atoms with Gasteiger partial charge in [0, 0.05) is 18.2 Å². The first-order valence-electron chi connectivity index (χ1n) is 8.04. The van der Waals surface area contributed by atoms with Crippen LogP contribution in [0.15, 0.2) is 6.07 Å². The molecule has 0 bridgehead atoms. The highest BCUT2D eigenvalue weighted by molar-refractivity contribution is 5.89. The number of nitrogens with zero attached hydrogens (tertiary/aromatic N) is 1. The van der Waals surface area contributed by atoms with Crippen molar-refractivity contribution in [3.05, 3.63) is 11.8 Å². The molecule has 1 rings (SSSR count). The average molecular weight is 279 g/mol. The molecule has 1 aromatic heterocycles. The average Bonchev–Trinajstić information content (AvgIpc) is 2.82. The van der Waals surface area contributed by atoms with Crippen molar-refractivity contribution in [2.24, 2.45) is 0 Å². The van der Waals surface area contributed by atoms with E-state index in [4.69, 9.17) is 0 Å². The summed E-state index contributed by atoms with van der Waals surface area (Å²) in [5, 5.41) is 9.61. The van der Waals surface area contributed by atoms with Gasteiger partial charge >= 0.3 is 0 Å². The first-order valence-corrected chi connectivity index (χ1v) is 8.04. The van der Waals surface area contributed by atoms with Crippen LogP contribution in [0.3, 0.4) is 0 Å². The summed E-state index contributed by atoms with van der Waals surface area (Å²) in [5.74, 6) is 0.697. The molecule has 0 aromatic carbocycles. The molecule has 4 nitrogen and oxygen atoms in total. The third-order valence-corrected chi connectivity index (χ3v) is 3.48. The summed E-state index contributed by atoms with van der Waals surface area (Å²) in [5.41, 5.74) is 0.961. The van der Waals surface area contributed by atoms with Crippen molar-refractivity contribution in [1.82, 2.24) is 10.2 Å². The van der Waals surface area contributed by atoms with Crippen molar-refractivity contribution < 1.29 is 4.79 Å². The Morgan fingerprint density at radius 3 is 2.25 bits per heavy atom. The fraction of sp³-hybridized carbons (Fsp3) is 0.750. The quantitative estimate of drug-likeness (QED) is 0.583. The highest BCUT2D eigenvalue weighted by Gasteiger charge is 2.04. The van der Waals surface area contributed by atoms with Crippen LogP contribution in [-0.4, -0.2) is 16.1 Å². The monoisotopic (exact) mass is 279 g/mol. The van der Waals surface area contributed by atoms with E-state index >= 15 is 0 Å². The Morgan fingerprint density at radius 2 is 1.70 bits per heavy atom. The fourth-order valence-corrected chi connectivity index (χ4v) is 2.28. The van der Waals surface area contributed by atoms with Crippen molar-refractivity contribution in [3.63, 3.8) is 0 Å². The number of rotatable bonds is 11. The van der Waals surface area contributed by atoms with E-state index in [1.54, 1.807) is 0 Å². The molecule has 1 aromatic rings. The molecule has 0 spiro atoms. The molecule has 0 radical (unpaired) electrons. The van der Waals surface area contributed by atoms with Crippen molar-refractivity contribution in [2.45, 2.75) is 78.1 Å². The number of hydrogen-bond acceptors (Lipinski definition) is 2. The Morgan fingerprint density at radius 1 is 1.10 bits per heavy atom. The Labute approximate surface area is 122 Å². The van der Waals surface area contributed by atoms with Crippen LogP contribution >= 0.6 is 0 Å². The van der Waals surface area contributed by atoms with Crippen LogP contribution < -0.4 is 5.32 Å². The number of carbonyl (C=O) groups excluding carboxylic acids is 1. The number of unbranched alkanes of at least 4 members (excludes halogenated alkanes) is 8. The second-order valence-corrected chi connectivity index (χ2v) is 5.56. The normalized spacial score (nSPS) is 10.7. The van der Waals surface area contributed by atoms with E-state index in [1.807, 2.05) is 13.0 Å². The minimum absolute atomic E-state index is 0.0689. The van der Waals surface area contributed by atoms with Crippen LogP contribution in [-0.2, 0) is 4.79 Å². The van der Waals surface area contributed by atoms with Gasteiger partial charge in [-0.3, -0.25) is 9.89 Å². The SMILES string of the molecule is CCCCCCCCCCCC(=O)Nc1cc(C)[nH]n1. The van der Waals surface area contributed by atoms with Crippen LogP contribution in [0, 0.1) is 6.92 Å². The van der Waals surface area contributed by atoms with Gasteiger partial charge < -0.3 is 5.32 Å². The van der Waals surface area contributed by atoms with E-state index in [2.05, 4.69) is 22.4 Å². The summed E-state index contributed by atoms with van der Waals surface area (Å²) in [6.07, 6.45) is 12.1. The molecule has 0 saturated carbocycles. The van der Waals surface area contributed by atoms with Gasteiger partial charge in [-0.25, -0.2) is 0 Å². The zero-order chi connectivity index (χ0) is 14.6. The van der Waals surface area contributed by atoms with Gasteiger partial charge in [0.15, 0.2) is 5.82 Å². The molecule has 0 aliphatic heterocycles. The highest BCUT2D eigenvalue weighted by Crippen LogP contribution is 2.11. The molecule has 20 heavy (non-hydrogen) atoms. The maximum Gasteiger partial charge on any atom is 0.225 e. The van der Waals surface area contributed by atoms with Crippen LogP contribution in [0.2, 0.25) is 0 Å². The predicted octanol–water partition coefficient (Wildman–Crippen LogP) is 4.58. The van der Waals surface area contributed by atoms with Gasteiger partial charge in [-0.1, -0.05) is 58.3 Å². The molecule has 0 aliphatic rings. The van der Waals surface area contributed by atoms with E-state index < -0.39 is 0 Å². The number of aryl methyl sites for hydroxylation is 1. The molecule has 114 valence electrons. The first kappa shape index (κ1) is 16.7. The lowest BCUT2D eigenvalue weighted by atomic mass is 10.1. The maximum atomic E-state index is 11.7. The Hall–Kier alpha value is -1.32. The van der Waals surface area contributed by atoms with Gasteiger partial charge in [-0.2, -0.15) is 5.10 Å². The number of aromatic nitrogens is 2. The molecule has 1 amide bonds. The zero-order valence-electron chi connectivity index (χ0n) is 13.0. The molecule has 0 fully saturated rings. The number of H-pyrrole nitrogens is 1. The van der Waals surface area contributed by atoms with Gasteiger partial charge in [-0.15, -0.1) is 0 Å². The minimum Gasteiger partial charge on any atom is -0.309 e. The van der Waals surface area contributed by atoms with Crippen LogP contribution in [0.1, 0.15) is 76.8 Å². The van der Waals surface area contributed by atoms with Crippen LogP contribution in [0.4, 0.5) is 5.82 Å². The van der Waals surface area contributed by atoms with E-state index in [-0.39, 0.29) is 5.91 Å². The summed E-state index contributed by atoms with van der Waals surface area (Å²) in [6.45, 7) is 4.17. The Kier molecular flexibility index (Phi) is 8.76. The third kappa shape index (κ3) is 7.97. The first-order chi connectivity index (χ1) is 9.72. The number of anilines is 1. The predicted molar refractivity (Wildman–Crippen MR) is 83.8 cm³/mol. The van der Waals surface area contributed by atoms with Gasteiger partial charge in [0.1, 0.15) is 0 Å². The second kappa shape index (κ2) is 10.5. The topological polar surface area (TPSA) is 57.8 Å². The van der Waals surface area contributed by atoms with Crippen molar-refractivity contribution in [2.75, 3.05) is 5.32 Å². The Balaban J connectivity index is 1.92. The highest BCUT2D eigenvalue weighted by atomic mass is 16.1. The molecule has 0 saturated heterocycles. The fourth-order valence-electron chi connectivity index (χ4n) is 2.28. The summed E-state index contributed by atoms with van der Waals surface area (Å²) >= 11 is 0. The van der Waals surface area contributed by atoms with E-state index in [9.17, 15) is 4.79 Å². The molecular weight excluding hydrogens is 250 g/mol. The van der Waals surface area contributed by atoms with Gasteiger partial charge in [0.25, 0.3) is 0 Å². The van der Waals surface area contributed by atoms with E-state index in [1.165, 1.54) is 44.9 Å². The zero-order valence-corrected chi connectivity index (χ0v) is 13.0. The van der Waals surface area contributed by atoms with Crippen LogP contribution in [0.25, 0.3) is 0 Å². The molecule has 2 N–H and O–H groups in total. The third-order valence-electron chi connectivity index (χ3n) is 3.48. The summed E-state index contributed by atoms with van der Waals surface area (Å²) in [7, 11) is 0. The minimum atomic E-state index is 0.0689.